The van der Waals surface area contributed by atoms with Gasteiger partial charge >= 0.3 is 6.09 Å². The Morgan fingerprint density at radius 1 is 1.31 bits per heavy atom. The molecule has 3 aliphatic rings. The van der Waals surface area contributed by atoms with E-state index < -0.39 is 5.60 Å². The molecule has 0 heterocycles. The standard InChI is InChI=1S/C12H20ClNO2/c1-10(2,3)16-9(15)14-8-12-4-11(5-12,6-12)7-13/h4-8H2,1-3H3,(H,14,15). The second-order valence-electron chi connectivity index (χ2n) is 6.52. The van der Waals surface area contributed by atoms with Gasteiger partial charge in [-0.25, -0.2) is 4.79 Å². The second kappa shape index (κ2) is 3.52. The van der Waals surface area contributed by atoms with Crippen molar-refractivity contribution in [2.75, 3.05) is 12.4 Å². The minimum atomic E-state index is -0.416. The van der Waals surface area contributed by atoms with Crippen LogP contribution < -0.4 is 5.32 Å². The average molecular weight is 246 g/mol. The molecular formula is C12H20ClNO2. The van der Waals surface area contributed by atoms with Crippen molar-refractivity contribution in [2.24, 2.45) is 10.8 Å². The van der Waals surface area contributed by atoms with Gasteiger partial charge < -0.3 is 10.1 Å². The van der Waals surface area contributed by atoms with Crippen molar-refractivity contribution in [3.63, 3.8) is 0 Å². The van der Waals surface area contributed by atoms with Crippen LogP contribution in [0.25, 0.3) is 0 Å². The molecule has 3 saturated carbocycles. The number of amides is 1. The first-order chi connectivity index (χ1) is 7.28. The predicted octanol–water partition coefficient (Wildman–Crippen LogP) is 2.92. The van der Waals surface area contributed by atoms with Crippen molar-refractivity contribution in [3.8, 4) is 0 Å². The summed E-state index contributed by atoms with van der Waals surface area (Å²) in [6.07, 6.45) is 3.19. The number of carbonyl (C=O) groups is 1. The van der Waals surface area contributed by atoms with E-state index in [4.69, 9.17) is 16.3 Å². The Bertz CT molecular complexity index is 289. The lowest BCUT2D eigenvalue weighted by molar-refractivity contribution is -0.183. The monoisotopic (exact) mass is 245 g/mol. The Morgan fingerprint density at radius 3 is 2.31 bits per heavy atom. The zero-order chi connectivity index (χ0) is 12.0. The second-order valence-corrected chi connectivity index (χ2v) is 6.79. The van der Waals surface area contributed by atoms with E-state index >= 15 is 0 Å². The summed E-state index contributed by atoms with van der Waals surface area (Å²) in [5, 5.41) is 2.86. The summed E-state index contributed by atoms with van der Waals surface area (Å²) >= 11 is 5.88. The summed E-state index contributed by atoms with van der Waals surface area (Å²) in [7, 11) is 0. The molecule has 92 valence electrons. The van der Waals surface area contributed by atoms with E-state index in [2.05, 4.69) is 5.32 Å². The Labute approximate surface area is 102 Å². The van der Waals surface area contributed by atoms with Crippen LogP contribution in [0, 0.1) is 10.8 Å². The van der Waals surface area contributed by atoms with Crippen LogP contribution in [0.5, 0.6) is 0 Å². The number of halogens is 1. The van der Waals surface area contributed by atoms with Gasteiger partial charge in [0.2, 0.25) is 0 Å². The highest BCUT2D eigenvalue weighted by Gasteiger charge is 2.66. The summed E-state index contributed by atoms with van der Waals surface area (Å²) in [4.78, 5) is 11.5. The lowest BCUT2D eigenvalue weighted by Gasteiger charge is -2.70. The van der Waals surface area contributed by atoms with Gasteiger partial charge in [0.05, 0.1) is 0 Å². The molecule has 3 fully saturated rings. The molecule has 0 atom stereocenters. The fourth-order valence-corrected chi connectivity index (χ4v) is 3.42. The van der Waals surface area contributed by atoms with Crippen LogP contribution in [0.1, 0.15) is 40.0 Å². The van der Waals surface area contributed by atoms with Gasteiger partial charge in [-0.05, 0) is 50.9 Å². The molecule has 0 unspecified atom stereocenters. The van der Waals surface area contributed by atoms with Gasteiger partial charge in [0.1, 0.15) is 5.60 Å². The first kappa shape index (κ1) is 12.0. The first-order valence-electron chi connectivity index (χ1n) is 5.81. The molecule has 1 amide bonds. The zero-order valence-electron chi connectivity index (χ0n) is 10.2. The lowest BCUT2D eigenvalue weighted by atomic mass is 9.36. The molecule has 3 aliphatic carbocycles. The zero-order valence-corrected chi connectivity index (χ0v) is 11.0. The number of hydrogen-bond donors (Lipinski definition) is 1. The number of rotatable bonds is 3. The number of ether oxygens (including phenoxy) is 1. The van der Waals surface area contributed by atoms with Crippen molar-refractivity contribution in [2.45, 2.75) is 45.6 Å². The highest BCUT2D eigenvalue weighted by atomic mass is 35.5. The van der Waals surface area contributed by atoms with Crippen LogP contribution in [0.3, 0.4) is 0 Å². The van der Waals surface area contributed by atoms with Crippen molar-refractivity contribution in [1.82, 2.24) is 5.32 Å². The van der Waals surface area contributed by atoms with E-state index in [9.17, 15) is 4.79 Å². The van der Waals surface area contributed by atoms with Crippen LogP contribution in [-0.2, 0) is 4.74 Å². The number of carbonyl (C=O) groups excluding carboxylic acids is 1. The maximum Gasteiger partial charge on any atom is 0.407 e. The molecule has 0 aromatic carbocycles. The van der Waals surface area contributed by atoms with Crippen LogP contribution in [0.4, 0.5) is 4.79 Å². The third kappa shape index (κ3) is 2.15. The fraction of sp³-hybridized carbons (Fsp3) is 0.917. The molecule has 3 nitrogen and oxygen atoms in total. The van der Waals surface area contributed by atoms with E-state index in [1.807, 2.05) is 20.8 Å². The van der Waals surface area contributed by atoms with Crippen LogP contribution in [0.2, 0.25) is 0 Å². The SMILES string of the molecule is CC(C)(C)OC(=O)NCC12CC(CCl)(C1)C2. The largest absolute Gasteiger partial charge is 0.444 e. The highest BCUT2D eigenvalue weighted by molar-refractivity contribution is 6.18. The van der Waals surface area contributed by atoms with Gasteiger partial charge in [0.15, 0.2) is 0 Å². The predicted molar refractivity (Wildman–Crippen MR) is 63.7 cm³/mol. The molecule has 2 bridgehead atoms. The Kier molecular flexibility index (Phi) is 2.65. The third-order valence-corrected chi connectivity index (χ3v) is 4.11. The van der Waals surface area contributed by atoms with Gasteiger partial charge in [-0.2, -0.15) is 0 Å². The molecule has 0 aromatic rings. The minimum Gasteiger partial charge on any atom is -0.444 e. The van der Waals surface area contributed by atoms with E-state index in [1.165, 1.54) is 19.3 Å². The summed E-state index contributed by atoms with van der Waals surface area (Å²) in [5.74, 6) is 0.765. The number of alkyl halides is 1. The quantitative estimate of drug-likeness (QED) is 0.777. The Hall–Kier alpha value is -0.440. The minimum absolute atomic E-state index is 0.308. The molecule has 0 aromatic heterocycles. The molecule has 16 heavy (non-hydrogen) atoms. The molecule has 0 spiro atoms. The summed E-state index contributed by atoms with van der Waals surface area (Å²) in [6.45, 7) is 6.35. The Balaban J connectivity index is 1.69. The highest BCUT2D eigenvalue weighted by Crippen LogP contribution is 2.73. The molecule has 1 N–H and O–H groups in total. The Morgan fingerprint density at radius 2 is 1.88 bits per heavy atom. The van der Waals surface area contributed by atoms with Crippen LogP contribution in [-0.4, -0.2) is 24.1 Å². The fourth-order valence-electron chi connectivity index (χ4n) is 3.13. The van der Waals surface area contributed by atoms with Gasteiger partial charge in [-0.1, -0.05) is 0 Å². The van der Waals surface area contributed by atoms with E-state index in [0.717, 1.165) is 12.4 Å². The van der Waals surface area contributed by atoms with Crippen LogP contribution in [0.15, 0.2) is 0 Å². The van der Waals surface area contributed by atoms with Gasteiger partial charge in [-0.3, -0.25) is 0 Å². The molecule has 4 heteroatoms. The van der Waals surface area contributed by atoms with Crippen molar-refractivity contribution in [1.29, 1.82) is 0 Å². The molecular weight excluding hydrogens is 226 g/mol. The summed E-state index contributed by atoms with van der Waals surface area (Å²) in [5.41, 5.74) is 0.337. The van der Waals surface area contributed by atoms with Gasteiger partial charge in [0.25, 0.3) is 0 Å². The summed E-state index contributed by atoms with van der Waals surface area (Å²) < 4.78 is 5.19. The normalized spacial score (nSPS) is 36.0. The first-order valence-corrected chi connectivity index (χ1v) is 6.35. The maximum absolute atomic E-state index is 11.5. The molecule has 0 aliphatic heterocycles. The average Bonchev–Trinajstić information content (AvgIpc) is 1.96. The topological polar surface area (TPSA) is 38.3 Å². The third-order valence-electron chi connectivity index (χ3n) is 3.54. The lowest BCUT2D eigenvalue weighted by Crippen LogP contribution is -2.66. The van der Waals surface area contributed by atoms with E-state index in [1.54, 1.807) is 0 Å². The number of hydrogen-bond acceptors (Lipinski definition) is 2. The summed E-state index contributed by atoms with van der Waals surface area (Å²) in [6, 6.07) is 0. The maximum atomic E-state index is 11.5. The molecule has 0 radical (unpaired) electrons. The smallest absolute Gasteiger partial charge is 0.407 e. The number of nitrogens with one attached hydrogen (secondary N) is 1. The van der Waals surface area contributed by atoms with Crippen LogP contribution >= 0.6 is 11.6 Å². The van der Waals surface area contributed by atoms with Crippen molar-refractivity contribution >= 4 is 17.7 Å². The number of alkyl carbamates (subject to hydrolysis) is 1. The van der Waals surface area contributed by atoms with E-state index in [0.29, 0.717) is 10.8 Å². The van der Waals surface area contributed by atoms with E-state index in [-0.39, 0.29) is 6.09 Å². The molecule has 0 saturated heterocycles. The van der Waals surface area contributed by atoms with Gasteiger partial charge in [-0.15, -0.1) is 11.6 Å². The molecule has 3 rings (SSSR count). The van der Waals surface area contributed by atoms with Gasteiger partial charge in [0, 0.05) is 12.4 Å². The van der Waals surface area contributed by atoms with Crippen molar-refractivity contribution < 1.29 is 9.53 Å². The van der Waals surface area contributed by atoms with Crippen molar-refractivity contribution in [3.05, 3.63) is 0 Å².